The van der Waals surface area contributed by atoms with E-state index in [0.29, 0.717) is 6.92 Å². The van der Waals surface area contributed by atoms with Gasteiger partial charge in [-0.3, -0.25) is 0 Å². The van der Waals surface area contributed by atoms with E-state index in [1.54, 1.807) is 0 Å². The van der Waals surface area contributed by atoms with Crippen LogP contribution in [-0.2, 0) is 14.3 Å². The molecule has 0 aromatic heterocycles. The molecule has 0 fully saturated rings. The van der Waals surface area contributed by atoms with Crippen molar-refractivity contribution in [3.05, 3.63) is 0 Å². The molecule has 0 N–H and O–H groups in total. The van der Waals surface area contributed by atoms with E-state index in [-0.39, 0.29) is 6.61 Å². The summed E-state index contributed by atoms with van der Waals surface area (Å²) in [6.45, 7) is 1.97. The quantitative estimate of drug-likeness (QED) is 0.396. The SMILES string of the molecule is CCOC(=O)C(C)(F)C(=O)[O-]. The predicted octanol–water partition coefficient (Wildman–Crippen LogP) is -0.972. The maximum Gasteiger partial charge on any atom is 0.349 e. The molecular weight excluding hydrogens is 155 g/mol. The average molecular weight is 163 g/mol. The fourth-order valence-corrected chi connectivity index (χ4v) is 0.350. The van der Waals surface area contributed by atoms with Gasteiger partial charge in [0.15, 0.2) is 0 Å². The molecule has 1 atom stereocenters. The van der Waals surface area contributed by atoms with Gasteiger partial charge in [0.05, 0.1) is 12.6 Å². The predicted molar refractivity (Wildman–Crippen MR) is 31.2 cm³/mol. The molecule has 11 heavy (non-hydrogen) atoms. The van der Waals surface area contributed by atoms with Gasteiger partial charge >= 0.3 is 5.97 Å². The van der Waals surface area contributed by atoms with Crippen molar-refractivity contribution in [1.29, 1.82) is 0 Å². The molecule has 0 aromatic carbocycles. The van der Waals surface area contributed by atoms with Gasteiger partial charge in [0.1, 0.15) is 0 Å². The molecule has 0 rings (SSSR count). The number of halogens is 1. The molecule has 64 valence electrons. The van der Waals surface area contributed by atoms with Crippen molar-refractivity contribution in [2.45, 2.75) is 19.5 Å². The highest BCUT2D eigenvalue weighted by atomic mass is 19.1. The van der Waals surface area contributed by atoms with Gasteiger partial charge in [-0.15, -0.1) is 0 Å². The van der Waals surface area contributed by atoms with Crippen LogP contribution in [0.4, 0.5) is 4.39 Å². The van der Waals surface area contributed by atoms with Crippen LogP contribution in [-0.4, -0.2) is 24.2 Å². The number of carboxylic acids is 1. The van der Waals surface area contributed by atoms with Crippen molar-refractivity contribution in [3.8, 4) is 0 Å². The van der Waals surface area contributed by atoms with Gasteiger partial charge in [0.25, 0.3) is 0 Å². The summed E-state index contributed by atoms with van der Waals surface area (Å²) >= 11 is 0. The van der Waals surface area contributed by atoms with Crippen LogP contribution in [0.15, 0.2) is 0 Å². The largest absolute Gasteiger partial charge is 0.546 e. The van der Waals surface area contributed by atoms with Gasteiger partial charge in [-0.2, -0.15) is 0 Å². The Morgan fingerprint density at radius 2 is 2.09 bits per heavy atom. The first-order chi connectivity index (χ1) is 4.92. The molecule has 0 saturated heterocycles. The lowest BCUT2D eigenvalue weighted by Crippen LogP contribution is -2.49. The summed E-state index contributed by atoms with van der Waals surface area (Å²) in [5.74, 6) is -3.52. The summed E-state index contributed by atoms with van der Waals surface area (Å²) < 4.78 is 16.8. The Morgan fingerprint density at radius 3 is 2.36 bits per heavy atom. The average Bonchev–Trinajstić information content (AvgIpc) is 1.88. The molecule has 1 unspecified atom stereocenters. The highest BCUT2D eigenvalue weighted by molar-refractivity contribution is 6.01. The number of carboxylic acid groups (broad SMARTS) is 1. The molecule has 0 aliphatic heterocycles. The third-order valence-corrected chi connectivity index (χ3v) is 1.04. The number of hydrogen-bond donors (Lipinski definition) is 0. The molecule has 0 saturated carbocycles. The van der Waals surface area contributed by atoms with E-state index >= 15 is 0 Å². The first-order valence-electron chi connectivity index (χ1n) is 3.00. The lowest BCUT2D eigenvalue weighted by molar-refractivity contribution is -0.317. The molecule has 0 radical (unpaired) electrons. The molecule has 0 amide bonds. The van der Waals surface area contributed by atoms with Crippen molar-refractivity contribution in [2.75, 3.05) is 6.61 Å². The monoisotopic (exact) mass is 163 g/mol. The van der Waals surface area contributed by atoms with E-state index in [2.05, 4.69) is 4.74 Å². The second-order valence-corrected chi connectivity index (χ2v) is 2.01. The standard InChI is InChI=1S/C6H9FO4/c1-3-11-5(10)6(2,7)4(8)9/h3H2,1-2H3,(H,8,9)/p-1. The Kier molecular flexibility index (Phi) is 2.98. The van der Waals surface area contributed by atoms with Crippen LogP contribution in [0.1, 0.15) is 13.8 Å². The van der Waals surface area contributed by atoms with Crippen LogP contribution in [0.3, 0.4) is 0 Å². The molecule has 0 spiro atoms. The maximum absolute atomic E-state index is 12.7. The third kappa shape index (κ3) is 2.18. The number of hydrogen-bond acceptors (Lipinski definition) is 4. The topological polar surface area (TPSA) is 66.4 Å². The molecule has 0 aromatic rings. The molecule has 0 aliphatic carbocycles. The summed E-state index contributed by atoms with van der Waals surface area (Å²) in [6.07, 6.45) is 0. The summed E-state index contributed by atoms with van der Waals surface area (Å²) in [6, 6.07) is 0. The van der Waals surface area contributed by atoms with E-state index in [0.717, 1.165) is 0 Å². The molecule has 0 heterocycles. The van der Waals surface area contributed by atoms with Crippen LogP contribution < -0.4 is 5.11 Å². The number of aliphatic carboxylic acids is 1. The van der Waals surface area contributed by atoms with Crippen molar-refractivity contribution in [1.82, 2.24) is 0 Å². The molecule has 5 heteroatoms. The normalized spacial score (nSPS) is 15.2. The number of alkyl halides is 1. The Labute approximate surface area is 63.0 Å². The van der Waals surface area contributed by atoms with Crippen molar-refractivity contribution < 1.29 is 23.8 Å². The second kappa shape index (κ2) is 3.32. The minimum atomic E-state index is -3.05. The minimum absolute atomic E-state index is 0.0639. The van der Waals surface area contributed by atoms with E-state index in [9.17, 15) is 19.1 Å². The number of carbonyl (C=O) groups is 2. The van der Waals surface area contributed by atoms with Crippen LogP contribution in [0, 0.1) is 0 Å². The fourth-order valence-electron chi connectivity index (χ4n) is 0.350. The van der Waals surface area contributed by atoms with Gasteiger partial charge in [-0.1, -0.05) is 0 Å². The zero-order valence-corrected chi connectivity index (χ0v) is 6.22. The van der Waals surface area contributed by atoms with Gasteiger partial charge < -0.3 is 14.6 Å². The van der Waals surface area contributed by atoms with Crippen molar-refractivity contribution in [2.24, 2.45) is 0 Å². The summed E-state index contributed by atoms with van der Waals surface area (Å²) in [5, 5.41) is 9.95. The van der Waals surface area contributed by atoms with Gasteiger partial charge in [-0.05, 0) is 13.8 Å². The van der Waals surface area contributed by atoms with Gasteiger partial charge in [-0.25, -0.2) is 9.18 Å². The fraction of sp³-hybridized carbons (Fsp3) is 0.667. The van der Waals surface area contributed by atoms with Crippen LogP contribution in [0.2, 0.25) is 0 Å². The minimum Gasteiger partial charge on any atom is -0.546 e. The molecular formula is C6H8FO4-. The molecule has 0 aliphatic rings. The Balaban J connectivity index is 4.30. The smallest absolute Gasteiger partial charge is 0.349 e. The van der Waals surface area contributed by atoms with Gasteiger partial charge in [0.2, 0.25) is 5.67 Å². The highest BCUT2D eigenvalue weighted by Gasteiger charge is 2.36. The zero-order valence-electron chi connectivity index (χ0n) is 6.22. The van der Waals surface area contributed by atoms with E-state index < -0.39 is 17.6 Å². The number of ether oxygens (including phenoxy) is 1. The third-order valence-electron chi connectivity index (χ3n) is 1.04. The van der Waals surface area contributed by atoms with Crippen molar-refractivity contribution in [3.63, 3.8) is 0 Å². The summed E-state index contributed by atoms with van der Waals surface area (Å²) in [4.78, 5) is 20.4. The molecule has 4 nitrogen and oxygen atoms in total. The van der Waals surface area contributed by atoms with Crippen LogP contribution >= 0.6 is 0 Å². The second-order valence-electron chi connectivity index (χ2n) is 2.01. The van der Waals surface area contributed by atoms with Crippen LogP contribution in [0.5, 0.6) is 0 Å². The first kappa shape index (κ1) is 9.87. The summed E-state index contributed by atoms with van der Waals surface area (Å²) in [7, 11) is 0. The maximum atomic E-state index is 12.7. The van der Waals surface area contributed by atoms with Crippen molar-refractivity contribution >= 4 is 11.9 Å². The van der Waals surface area contributed by atoms with Gasteiger partial charge in [0, 0.05) is 0 Å². The van der Waals surface area contributed by atoms with E-state index in [1.807, 2.05) is 0 Å². The Hall–Kier alpha value is -1.13. The zero-order chi connectivity index (χ0) is 9.07. The Bertz CT molecular complexity index is 175. The number of rotatable bonds is 3. The van der Waals surface area contributed by atoms with E-state index in [4.69, 9.17) is 0 Å². The number of esters is 1. The Morgan fingerprint density at radius 1 is 1.64 bits per heavy atom. The lowest BCUT2D eigenvalue weighted by atomic mass is 10.1. The summed E-state index contributed by atoms with van der Waals surface area (Å²) in [5.41, 5.74) is -3.05. The van der Waals surface area contributed by atoms with E-state index in [1.165, 1.54) is 6.92 Å². The molecule has 0 bridgehead atoms. The first-order valence-corrected chi connectivity index (χ1v) is 3.00. The number of carbonyl (C=O) groups excluding carboxylic acids is 2. The highest BCUT2D eigenvalue weighted by Crippen LogP contribution is 2.10. The van der Waals surface area contributed by atoms with Crippen LogP contribution in [0.25, 0.3) is 0 Å². The lowest BCUT2D eigenvalue weighted by Gasteiger charge is -2.18.